The van der Waals surface area contributed by atoms with Crippen LogP contribution in [0.3, 0.4) is 0 Å². The Morgan fingerprint density at radius 2 is 2.06 bits per heavy atom. The maximum absolute atomic E-state index is 11.0. The van der Waals surface area contributed by atoms with E-state index in [4.69, 9.17) is 10.00 Å². The number of benzene rings is 1. The van der Waals surface area contributed by atoms with E-state index in [1.54, 1.807) is 14.0 Å². The third kappa shape index (κ3) is 3.80. The van der Waals surface area contributed by atoms with E-state index in [0.717, 1.165) is 11.3 Å². The molecule has 0 radical (unpaired) electrons. The van der Waals surface area contributed by atoms with Crippen LogP contribution in [0.15, 0.2) is 24.3 Å². The molecule has 0 saturated carbocycles. The number of nitrogens with one attached hydrogen (secondary N) is 1. The standard InChI is InChI=1S/C13H16N2O2/c1-10(16)15-13(2,9-14)8-11-4-6-12(17-3)7-5-11/h4-7H,8H2,1-3H3,(H,15,16)/t13-/m0/s1. The average Bonchev–Trinajstić information content (AvgIpc) is 2.29. The Balaban J connectivity index is 2.80. The third-order valence-electron chi connectivity index (χ3n) is 2.42. The molecule has 0 heterocycles. The van der Waals surface area contributed by atoms with E-state index in [0.29, 0.717) is 6.42 Å². The van der Waals surface area contributed by atoms with Crippen LogP contribution < -0.4 is 10.1 Å². The van der Waals surface area contributed by atoms with Gasteiger partial charge >= 0.3 is 0 Å². The Morgan fingerprint density at radius 1 is 1.47 bits per heavy atom. The number of amides is 1. The Bertz CT molecular complexity index is 434. The molecule has 0 aliphatic rings. The molecule has 1 N–H and O–H groups in total. The van der Waals surface area contributed by atoms with Gasteiger partial charge in [0.15, 0.2) is 0 Å². The molecule has 1 aromatic carbocycles. The van der Waals surface area contributed by atoms with Gasteiger partial charge in [-0.25, -0.2) is 0 Å². The van der Waals surface area contributed by atoms with E-state index in [-0.39, 0.29) is 5.91 Å². The fourth-order valence-corrected chi connectivity index (χ4v) is 1.65. The molecule has 0 bridgehead atoms. The van der Waals surface area contributed by atoms with Gasteiger partial charge in [-0.3, -0.25) is 4.79 Å². The highest BCUT2D eigenvalue weighted by Gasteiger charge is 2.24. The van der Waals surface area contributed by atoms with Crippen molar-refractivity contribution in [2.24, 2.45) is 0 Å². The van der Waals surface area contributed by atoms with Gasteiger partial charge in [0.1, 0.15) is 11.3 Å². The zero-order chi connectivity index (χ0) is 12.9. The van der Waals surface area contributed by atoms with Gasteiger partial charge in [0.2, 0.25) is 5.91 Å². The molecular weight excluding hydrogens is 216 g/mol. The second-order valence-electron chi connectivity index (χ2n) is 4.15. The summed E-state index contributed by atoms with van der Waals surface area (Å²) in [6.07, 6.45) is 0.465. The van der Waals surface area contributed by atoms with Crippen LogP contribution in [0, 0.1) is 11.3 Å². The summed E-state index contributed by atoms with van der Waals surface area (Å²) in [7, 11) is 1.60. The highest BCUT2D eigenvalue weighted by molar-refractivity contribution is 5.74. The molecule has 0 fully saturated rings. The van der Waals surface area contributed by atoms with E-state index < -0.39 is 5.54 Å². The van der Waals surface area contributed by atoms with Crippen LogP contribution in [-0.4, -0.2) is 18.6 Å². The van der Waals surface area contributed by atoms with Crippen molar-refractivity contribution in [1.82, 2.24) is 5.32 Å². The first kappa shape index (κ1) is 13.0. The maximum Gasteiger partial charge on any atom is 0.218 e. The number of methoxy groups -OCH3 is 1. The van der Waals surface area contributed by atoms with Gasteiger partial charge in [-0.15, -0.1) is 0 Å². The van der Waals surface area contributed by atoms with Crippen LogP contribution in [-0.2, 0) is 11.2 Å². The van der Waals surface area contributed by atoms with Gasteiger partial charge in [0.05, 0.1) is 13.2 Å². The minimum atomic E-state index is -0.875. The van der Waals surface area contributed by atoms with E-state index in [2.05, 4.69) is 11.4 Å². The van der Waals surface area contributed by atoms with Gasteiger partial charge in [-0.1, -0.05) is 12.1 Å². The number of carbonyl (C=O) groups is 1. The molecule has 1 amide bonds. The molecule has 0 aliphatic carbocycles. The molecule has 1 aromatic rings. The van der Waals surface area contributed by atoms with E-state index in [1.165, 1.54) is 6.92 Å². The Labute approximate surface area is 101 Å². The predicted octanol–water partition coefficient (Wildman–Crippen LogP) is 1.66. The topological polar surface area (TPSA) is 62.1 Å². The predicted molar refractivity (Wildman–Crippen MR) is 64.5 cm³/mol. The second kappa shape index (κ2) is 5.35. The van der Waals surface area contributed by atoms with Gasteiger partial charge in [0.25, 0.3) is 0 Å². The number of rotatable bonds is 4. The van der Waals surface area contributed by atoms with Gasteiger partial charge in [0, 0.05) is 13.3 Å². The largest absolute Gasteiger partial charge is 0.497 e. The van der Waals surface area contributed by atoms with Crippen molar-refractivity contribution in [1.29, 1.82) is 5.26 Å². The molecular formula is C13H16N2O2. The first-order valence-corrected chi connectivity index (χ1v) is 5.32. The summed E-state index contributed by atoms with van der Waals surface area (Å²) in [6.45, 7) is 3.11. The van der Waals surface area contributed by atoms with Crippen molar-refractivity contribution in [3.05, 3.63) is 29.8 Å². The summed E-state index contributed by atoms with van der Waals surface area (Å²) in [5.41, 5.74) is 0.101. The molecule has 0 aromatic heterocycles. The average molecular weight is 232 g/mol. The number of ether oxygens (including phenoxy) is 1. The molecule has 4 heteroatoms. The molecule has 1 atom stereocenters. The molecule has 4 nitrogen and oxygen atoms in total. The van der Waals surface area contributed by atoms with Gasteiger partial charge in [-0.2, -0.15) is 5.26 Å². The van der Waals surface area contributed by atoms with Gasteiger partial charge < -0.3 is 10.1 Å². The van der Waals surface area contributed by atoms with Crippen LogP contribution in [0.2, 0.25) is 0 Å². The summed E-state index contributed by atoms with van der Waals surface area (Å²) in [6, 6.07) is 9.56. The minimum Gasteiger partial charge on any atom is -0.497 e. The minimum absolute atomic E-state index is 0.206. The molecule has 90 valence electrons. The summed E-state index contributed by atoms with van der Waals surface area (Å²) in [5, 5.41) is 11.8. The fourth-order valence-electron chi connectivity index (χ4n) is 1.65. The summed E-state index contributed by atoms with van der Waals surface area (Å²) < 4.78 is 5.06. The summed E-state index contributed by atoms with van der Waals surface area (Å²) >= 11 is 0. The SMILES string of the molecule is COc1ccc(C[C@@](C)(C#N)NC(C)=O)cc1. The summed E-state index contributed by atoms with van der Waals surface area (Å²) in [4.78, 5) is 11.0. The normalized spacial score (nSPS) is 13.3. The van der Waals surface area contributed by atoms with Crippen LogP contribution in [0.1, 0.15) is 19.4 Å². The highest BCUT2D eigenvalue weighted by Crippen LogP contribution is 2.16. The molecule has 0 spiro atoms. The Morgan fingerprint density at radius 3 is 2.47 bits per heavy atom. The number of carbonyl (C=O) groups excluding carboxylic acids is 1. The highest BCUT2D eigenvalue weighted by atomic mass is 16.5. The molecule has 17 heavy (non-hydrogen) atoms. The number of nitrogens with zero attached hydrogens (tertiary/aromatic N) is 1. The maximum atomic E-state index is 11.0. The lowest BCUT2D eigenvalue weighted by molar-refractivity contribution is -0.120. The lowest BCUT2D eigenvalue weighted by Gasteiger charge is -2.22. The van der Waals surface area contributed by atoms with E-state index >= 15 is 0 Å². The second-order valence-corrected chi connectivity index (χ2v) is 4.15. The first-order valence-electron chi connectivity index (χ1n) is 5.32. The van der Waals surface area contributed by atoms with Crippen molar-refractivity contribution < 1.29 is 9.53 Å². The van der Waals surface area contributed by atoms with Crippen LogP contribution >= 0.6 is 0 Å². The monoisotopic (exact) mass is 232 g/mol. The van der Waals surface area contributed by atoms with Crippen LogP contribution in [0.25, 0.3) is 0 Å². The van der Waals surface area contributed by atoms with Crippen molar-refractivity contribution in [2.75, 3.05) is 7.11 Å². The smallest absolute Gasteiger partial charge is 0.218 e. The molecule has 0 saturated heterocycles. The quantitative estimate of drug-likeness (QED) is 0.858. The van der Waals surface area contributed by atoms with Crippen LogP contribution in [0.5, 0.6) is 5.75 Å². The molecule has 1 rings (SSSR count). The van der Waals surface area contributed by atoms with Gasteiger partial charge in [-0.05, 0) is 24.6 Å². The molecule has 0 unspecified atom stereocenters. The zero-order valence-electron chi connectivity index (χ0n) is 10.3. The van der Waals surface area contributed by atoms with Crippen molar-refractivity contribution in [3.8, 4) is 11.8 Å². The Hall–Kier alpha value is -2.02. The third-order valence-corrected chi connectivity index (χ3v) is 2.42. The lowest BCUT2D eigenvalue weighted by Crippen LogP contribution is -2.45. The van der Waals surface area contributed by atoms with Crippen LogP contribution in [0.4, 0.5) is 0 Å². The van der Waals surface area contributed by atoms with Crippen molar-refractivity contribution >= 4 is 5.91 Å². The fraction of sp³-hybridized carbons (Fsp3) is 0.385. The van der Waals surface area contributed by atoms with E-state index in [9.17, 15) is 4.79 Å². The molecule has 0 aliphatic heterocycles. The number of hydrogen-bond acceptors (Lipinski definition) is 3. The van der Waals surface area contributed by atoms with E-state index in [1.807, 2.05) is 24.3 Å². The lowest BCUT2D eigenvalue weighted by atomic mass is 9.94. The first-order chi connectivity index (χ1) is 7.99. The van der Waals surface area contributed by atoms with Crippen molar-refractivity contribution in [2.45, 2.75) is 25.8 Å². The number of nitriles is 1. The zero-order valence-corrected chi connectivity index (χ0v) is 10.3. The summed E-state index contributed by atoms with van der Waals surface area (Å²) in [5.74, 6) is 0.564. The van der Waals surface area contributed by atoms with Crippen molar-refractivity contribution in [3.63, 3.8) is 0 Å². The number of hydrogen-bond donors (Lipinski definition) is 1. The Kier molecular flexibility index (Phi) is 4.11.